The van der Waals surface area contributed by atoms with Gasteiger partial charge in [-0.3, -0.25) is 19.9 Å². The molecular weight excluding hydrogens is 741 g/mol. The minimum atomic E-state index is -1.45. The standard InChI is InChI=1S/C41H44N4O10S/c1-17-10-20-11-24-39(48)45-25-14-51-40(49)41(38-23(12-21(13-42)43-41)22-8-6-7-9-26(22)55-38)15-56-37(31(45)30(44(24)4)27(20)32(47)33(17)50-5)29-28(25)36-35(52-16-53-36)18(2)34(29)54-19(3)46/h6-10,21,24-25,30-31,37,39,43,47-48H,11-16,42H2,1-5H3/t21-,24+,25+,30-,31?,37-,39+,41-/m1/s1. The van der Waals surface area contributed by atoms with E-state index >= 15 is 0 Å². The monoisotopic (exact) mass is 784 g/mol. The van der Waals surface area contributed by atoms with Gasteiger partial charge in [0.2, 0.25) is 6.79 Å². The second kappa shape index (κ2) is 12.7. The highest BCUT2D eigenvalue weighted by molar-refractivity contribution is 7.99. The van der Waals surface area contributed by atoms with E-state index in [1.165, 1.54) is 18.7 Å². The molecule has 0 aliphatic carbocycles. The second-order valence-electron chi connectivity index (χ2n) is 15.8. The molecule has 0 radical (unpaired) electrons. The van der Waals surface area contributed by atoms with E-state index in [0.717, 1.165) is 22.1 Å². The molecule has 8 atom stereocenters. The van der Waals surface area contributed by atoms with Gasteiger partial charge in [0.05, 0.1) is 30.5 Å². The largest absolute Gasteiger partial charge is 0.504 e. The molecule has 1 aromatic heterocycles. The number of nitrogens with two attached hydrogens (primary N) is 1. The third-order valence-corrected chi connectivity index (χ3v) is 14.3. The Kier molecular flexibility index (Phi) is 8.17. The molecule has 294 valence electrons. The van der Waals surface area contributed by atoms with Crippen molar-refractivity contribution in [3.8, 4) is 28.7 Å². The van der Waals surface area contributed by atoms with Crippen LogP contribution in [0.2, 0.25) is 0 Å². The number of nitrogens with zero attached hydrogens (tertiary/aromatic N) is 2. The molecule has 4 aromatic rings. The number of phenolic OH excluding ortho intramolecular Hbond substituents is 1. The van der Waals surface area contributed by atoms with Crippen LogP contribution in [0.1, 0.15) is 69.0 Å². The smallest absolute Gasteiger partial charge is 0.335 e. The predicted octanol–water partition coefficient (Wildman–Crippen LogP) is 3.77. The van der Waals surface area contributed by atoms with E-state index in [0.29, 0.717) is 69.4 Å². The second-order valence-corrected chi connectivity index (χ2v) is 16.9. The lowest BCUT2D eigenvalue weighted by atomic mass is 9.73. The quantitative estimate of drug-likeness (QED) is 0.174. The lowest BCUT2D eigenvalue weighted by Crippen LogP contribution is -2.70. The molecule has 0 saturated carbocycles. The number of rotatable bonds is 3. The molecule has 15 heteroatoms. The number of para-hydroxylation sites is 1. The zero-order chi connectivity index (χ0) is 38.9. The summed E-state index contributed by atoms with van der Waals surface area (Å²) in [6.07, 6.45) is -0.0278. The molecule has 0 amide bonds. The Morgan fingerprint density at radius 3 is 2.66 bits per heavy atom. The van der Waals surface area contributed by atoms with E-state index in [2.05, 4.69) is 10.2 Å². The van der Waals surface area contributed by atoms with Crippen LogP contribution in [0.4, 0.5) is 0 Å². The van der Waals surface area contributed by atoms with Crippen LogP contribution in [0.25, 0.3) is 11.0 Å². The number of phenols is 1. The van der Waals surface area contributed by atoms with Gasteiger partial charge in [-0.1, -0.05) is 24.3 Å². The number of likely N-dealkylation sites (N-methyl/N-ethyl adjacent to an activating group) is 1. The summed E-state index contributed by atoms with van der Waals surface area (Å²) in [5, 5.41) is 28.6. The number of aliphatic hydroxyl groups excluding tert-OH is 1. The number of fused-ring (bicyclic) bond motifs is 11. The Morgan fingerprint density at radius 1 is 1.11 bits per heavy atom. The van der Waals surface area contributed by atoms with Crippen molar-refractivity contribution in [3.05, 3.63) is 75.0 Å². The third kappa shape index (κ3) is 4.75. The van der Waals surface area contributed by atoms with Gasteiger partial charge in [0.25, 0.3) is 0 Å². The van der Waals surface area contributed by atoms with Gasteiger partial charge in [0.15, 0.2) is 28.5 Å². The van der Waals surface area contributed by atoms with Crippen molar-refractivity contribution >= 4 is 34.7 Å². The maximum absolute atomic E-state index is 14.9. The van der Waals surface area contributed by atoms with Gasteiger partial charge in [0.1, 0.15) is 29.9 Å². The number of methoxy groups -OCH3 is 1. The van der Waals surface area contributed by atoms with Crippen LogP contribution in [-0.4, -0.2) is 96.2 Å². The van der Waals surface area contributed by atoms with Crippen LogP contribution in [0.5, 0.6) is 28.7 Å². The first-order valence-electron chi connectivity index (χ1n) is 19.0. The number of aliphatic hydroxyl groups is 1. The van der Waals surface area contributed by atoms with Crippen molar-refractivity contribution in [3.63, 3.8) is 0 Å². The number of piperazine rings is 1. The van der Waals surface area contributed by atoms with Crippen LogP contribution in [0, 0.1) is 13.8 Å². The van der Waals surface area contributed by atoms with Crippen molar-refractivity contribution < 1.29 is 47.9 Å². The van der Waals surface area contributed by atoms with Crippen molar-refractivity contribution in [2.75, 3.05) is 39.9 Å². The van der Waals surface area contributed by atoms with Crippen molar-refractivity contribution in [2.24, 2.45) is 5.73 Å². The molecule has 14 nitrogen and oxygen atoms in total. The lowest BCUT2D eigenvalue weighted by Gasteiger charge is -2.62. The van der Waals surface area contributed by atoms with E-state index < -0.39 is 47.1 Å². The average molecular weight is 785 g/mol. The fourth-order valence-electron chi connectivity index (χ4n) is 10.6. The SMILES string of the molecule is COc1c(C)cc2c(c1O)[C@@H]1C3[C@@H]4SC[C@]5(N[C@@H](CN)Cc6c5oc5ccccc65)C(=O)OC[C@@H](c5c6c(c(C)c(OC(C)=O)c54)OCO6)N3[C@@H](O)[C@H](C2)N1C. The maximum Gasteiger partial charge on any atom is 0.335 e. The summed E-state index contributed by atoms with van der Waals surface area (Å²) in [5.74, 6) is 1.23. The zero-order valence-corrected chi connectivity index (χ0v) is 32.5. The minimum Gasteiger partial charge on any atom is -0.504 e. The van der Waals surface area contributed by atoms with E-state index in [1.54, 1.807) is 7.11 Å². The summed E-state index contributed by atoms with van der Waals surface area (Å²) in [4.78, 5) is 32.1. The molecular formula is C41H44N4O10S. The summed E-state index contributed by atoms with van der Waals surface area (Å²) in [6.45, 7) is 5.11. The Hall–Kier alpha value is -4.51. The van der Waals surface area contributed by atoms with Gasteiger partial charge in [-0.15, -0.1) is 11.8 Å². The van der Waals surface area contributed by atoms with Gasteiger partial charge in [0, 0.05) is 64.5 Å². The van der Waals surface area contributed by atoms with Gasteiger partial charge >= 0.3 is 11.9 Å². The summed E-state index contributed by atoms with van der Waals surface area (Å²) < 4.78 is 37.2. The molecule has 7 aliphatic rings. The lowest BCUT2D eigenvalue weighted by molar-refractivity contribution is -0.186. The molecule has 11 rings (SSSR count). The van der Waals surface area contributed by atoms with Crippen LogP contribution < -0.4 is 30.0 Å². The molecule has 1 unspecified atom stereocenters. The normalized spacial score (nSPS) is 30.3. The number of nitrogens with one attached hydrogen (secondary N) is 1. The number of aryl methyl sites for hydroxylation is 1. The number of furan rings is 1. The molecule has 3 aromatic carbocycles. The van der Waals surface area contributed by atoms with Gasteiger partial charge in [-0.2, -0.15) is 0 Å². The number of carbonyl (C=O) groups excluding carboxylic acids is 2. The van der Waals surface area contributed by atoms with E-state index in [1.807, 2.05) is 56.1 Å². The Bertz CT molecular complexity index is 2350. The molecule has 5 N–H and O–H groups in total. The number of benzene rings is 3. The number of aromatic hydroxyl groups is 1. The Labute approximate surface area is 327 Å². The first-order valence-corrected chi connectivity index (χ1v) is 20.0. The maximum atomic E-state index is 14.9. The molecule has 2 saturated heterocycles. The van der Waals surface area contributed by atoms with Crippen LogP contribution in [-0.2, 0) is 32.7 Å². The number of thioether (sulfide) groups is 1. The Balaban J connectivity index is 1.25. The van der Waals surface area contributed by atoms with E-state index in [-0.39, 0.29) is 43.5 Å². The van der Waals surface area contributed by atoms with Crippen LogP contribution in [0.3, 0.4) is 0 Å². The third-order valence-electron chi connectivity index (χ3n) is 12.9. The first-order chi connectivity index (χ1) is 27.0. The Morgan fingerprint density at radius 2 is 1.89 bits per heavy atom. The number of ether oxygens (including phenoxy) is 5. The average Bonchev–Trinajstić information content (AvgIpc) is 3.82. The molecule has 2 fully saturated rings. The highest BCUT2D eigenvalue weighted by Gasteiger charge is 2.62. The first kappa shape index (κ1) is 35.9. The van der Waals surface area contributed by atoms with Gasteiger partial charge < -0.3 is 44.0 Å². The number of carbonyl (C=O) groups is 2. The fraction of sp³-hybridized carbons (Fsp3) is 0.463. The van der Waals surface area contributed by atoms with Crippen molar-refractivity contribution in [2.45, 2.75) is 80.8 Å². The number of hydrogen-bond acceptors (Lipinski definition) is 15. The highest BCUT2D eigenvalue weighted by Crippen LogP contribution is 2.64. The summed E-state index contributed by atoms with van der Waals surface area (Å²) >= 11 is 1.47. The predicted molar refractivity (Wildman–Crippen MR) is 204 cm³/mol. The van der Waals surface area contributed by atoms with E-state index in [4.69, 9.17) is 33.8 Å². The summed E-state index contributed by atoms with van der Waals surface area (Å²) in [6, 6.07) is 7.27. The van der Waals surface area contributed by atoms with Gasteiger partial charge in [-0.05, 0) is 50.9 Å². The minimum absolute atomic E-state index is 0.0453. The summed E-state index contributed by atoms with van der Waals surface area (Å²) in [5.41, 5.74) is 10.8. The number of esters is 2. The number of hydrogen-bond donors (Lipinski definition) is 4. The highest BCUT2D eigenvalue weighted by atomic mass is 32.2. The summed E-state index contributed by atoms with van der Waals surface area (Å²) in [7, 11) is 3.51. The molecule has 56 heavy (non-hydrogen) atoms. The molecule has 8 heterocycles. The fourth-order valence-corrected chi connectivity index (χ4v) is 12.2. The van der Waals surface area contributed by atoms with E-state index in [9.17, 15) is 19.8 Å². The molecule has 1 spiro atoms. The zero-order valence-electron chi connectivity index (χ0n) is 31.7. The van der Waals surface area contributed by atoms with Crippen molar-refractivity contribution in [1.82, 2.24) is 15.1 Å². The van der Waals surface area contributed by atoms with Crippen LogP contribution >= 0.6 is 11.8 Å². The van der Waals surface area contributed by atoms with Crippen LogP contribution in [0.15, 0.2) is 34.7 Å². The molecule has 4 bridgehead atoms. The molecule has 7 aliphatic heterocycles. The van der Waals surface area contributed by atoms with Crippen molar-refractivity contribution in [1.29, 1.82) is 0 Å². The van der Waals surface area contributed by atoms with Gasteiger partial charge in [-0.25, -0.2) is 4.79 Å². The topological polar surface area (TPSA) is 178 Å².